The van der Waals surface area contributed by atoms with Crippen LogP contribution in [-0.4, -0.2) is 68.5 Å². The summed E-state index contributed by atoms with van der Waals surface area (Å²) in [6, 6.07) is 13.6. The van der Waals surface area contributed by atoms with Crippen molar-refractivity contribution >= 4 is 23.0 Å². The highest BCUT2D eigenvalue weighted by Crippen LogP contribution is 2.47. The van der Waals surface area contributed by atoms with Crippen molar-refractivity contribution in [1.82, 2.24) is 24.3 Å². The Balaban J connectivity index is 1.32. The van der Waals surface area contributed by atoms with Gasteiger partial charge in [-0.3, -0.25) is 9.59 Å². The van der Waals surface area contributed by atoms with Gasteiger partial charge in [-0.05, 0) is 42.7 Å². The number of nitrogens with two attached hydrogens (primary N) is 1. The smallest absolute Gasteiger partial charge is 0.252 e. The second-order valence-corrected chi connectivity index (χ2v) is 9.78. The summed E-state index contributed by atoms with van der Waals surface area (Å²) in [5, 5.41) is 21.6. The minimum absolute atomic E-state index is 0.162. The van der Waals surface area contributed by atoms with Crippen LogP contribution < -0.4 is 11.1 Å². The van der Waals surface area contributed by atoms with E-state index in [1.807, 2.05) is 48.8 Å². The van der Waals surface area contributed by atoms with Crippen molar-refractivity contribution in [1.29, 1.82) is 5.26 Å². The summed E-state index contributed by atoms with van der Waals surface area (Å²) in [5.74, 6) is -0.778. The van der Waals surface area contributed by atoms with Crippen LogP contribution in [0.25, 0.3) is 22.3 Å². The second kappa shape index (κ2) is 9.00. The predicted octanol–water partition coefficient (Wildman–Crippen LogP) is 2.23. The molecule has 1 aliphatic carbocycles. The van der Waals surface area contributed by atoms with Crippen LogP contribution in [0.1, 0.15) is 23.2 Å². The molecule has 1 saturated carbocycles. The Labute approximate surface area is 218 Å². The largest absolute Gasteiger partial charge is 0.377 e. The van der Waals surface area contributed by atoms with Crippen molar-refractivity contribution in [2.24, 2.45) is 11.1 Å². The lowest BCUT2D eigenvalue weighted by Gasteiger charge is -2.21. The lowest BCUT2D eigenvalue weighted by Crippen LogP contribution is -2.37. The van der Waals surface area contributed by atoms with Crippen molar-refractivity contribution in [2.45, 2.75) is 25.0 Å². The molecule has 1 aliphatic heterocycles. The van der Waals surface area contributed by atoms with Gasteiger partial charge in [-0.15, -0.1) is 0 Å². The third-order valence-electron chi connectivity index (χ3n) is 7.43. The number of nitrogens with one attached hydrogen (secondary N) is 1. The standard InChI is InChI=1S/C27H26N8O3/c1-38-23-15-33(26(37)27(16-28)7-8-27)14-21(23)32-24-20(25(29)36)12-31-35-13-18(11-22(24)35)17-3-5-19(6-4-17)34-10-2-9-30-34/h2-6,9-13,21,23,32H,7-8,14-15H2,1H3,(H2,29,36)/t21-,23+/m1/s1. The third-order valence-corrected chi connectivity index (χ3v) is 7.43. The van der Waals surface area contributed by atoms with Crippen LogP contribution in [0, 0.1) is 16.7 Å². The topological polar surface area (TPSA) is 144 Å². The first kappa shape index (κ1) is 23.7. The second-order valence-electron chi connectivity index (χ2n) is 9.78. The van der Waals surface area contributed by atoms with Crippen molar-refractivity contribution in [3.05, 3.63) is 66.7 Å². The van der Waals surface area contributed by atoms with Crippen LogP contribution in [0.3, 0.4) is 0 Å². The van der Waals surface area contributed by atoms with Crippen LogP contribution in [0.15, 0.2) is 61.2 Å². The Kier molecular flexibility index (Phi) is 5.61. The molecule has 11 heteroatoms. The fraction of sp³-hybridized carbons (Fsp3) is 0.296. The van der Waals surface area contributed by atoms with Gasteiger partial charge in [0.05, 0.1) is 46.9 Å². The number of nitriles is 1. The zero-order chi connectivity index (χ0) is 26.4. The average molecular weight is 511 g/mol. The Hall–Kier alpha value is -4.69. The number of hydrogen-bond acceptors (Lipinski definition) is 7. The molecule has 1 saturated heterocycles. The zero-order valence-corrected chi connectivity index (χ0v) is 20.7. The minimum atomic E-state index is -0.904. The number of rotatable bonds is 7. The number of benzene rings is 1. The fourth-order valence-corrected chi connectivity index (χ4v) is 5.08. The van der Waals surface area contributed by atoms with Gasteiger partial charge in [-0.25, -0.2) is 9.20 Å². The normalized spacial score (nSPS) is 19.8. The summed E-state index contributed by atoms with van der Waals surface area (Å²) in [4.78, 5) is 27.0. The molecule has 3 aromatic heterocycles. The molecule has 4 heterocycles. The highest BCUT2D eigenvalue weighted by Gasteiger charge is 2.54. The Morgan fingerprint density at radius 3 is 2.61 bits per heavy atom. The van der Waals surface area contributed by atoms with Crippen LogP contribution >= 0.6 is 0 Å². The van der Waals surface area contributed by atoms with Gasteiger partial charge >= 0.3 is 0 Å². The number of fused-ring (bicyclic) bond motifs is 1. The van der Waals surface area contributed by atoms with Gasteiger partial charge in [0.25, 0.3) is 5.91 Å². The first-order valence-electron chi connectivity index (χ1n) is 12.3. The molecule has 0 bridgehead atoms. The van der Waals surface area contributed by atoms with E-state index < -0.39 is 11.3 Å². The molecular formula is C27H26N8O3. The molecule has 0 spiro atoms. The van der Waals surface area contributed by atoms with Crippen molar-refractivity contribution < 1.29 is 14.3 Å². The van der Waals surface area contributed by atoms with Gasteiger partial charge in [0.15, 0.2) is 0 Å². The fourth-order valence-electron chi connectivity index (χ4n) is 5.08. The molecule has 1 aromatic carbocycles. The van der Waals surface area contributed by atoms with E-state index in [9.17, 15) is 14.9 Å². The monoisotopic (exact) mass is 510 g/mol. The van der Waals surface area contributed by atoms with E-state index in [2.05, 4.69) is 21.6 Å². The number of anilines is 1. The van der Waals surface area contributed by atoms with Crippen molar-refractivity contribution in [3.63, 3.8) is 0 Å². The summed E-state index contributed by atoms with van der Waals surface area (Å²) < 4.78 is 9.17. The van der Waals surface area contributed by atoms with Crippen molar-refractivity contribution in [2.75, 3.05) is 25.5 Å². The molecule has 4 aromatic rings. The number of aromatic nitrogens is 4. The molecule has 6 rings (SSSR count). The summed E-state index contributed by atoms with van der Waals surface area (Å²) in [7, 11) is 1.59. The van der Waals surface area contributed by atoms with Crippen LogP contribution in [0.2, 0.25) is 0 Å². The number of nitrogens with zero attached hydrogens (tertiary/aromatic N) is 6. The Morgan fingerprint density at radius 2 is 1.97 bits per heavy atom. The zero-order valence-electron chi connectivity index (χ0n) is 20.7. The number of methoxy groups -OCH3 is 1. The highest BCUT2D eigenvalue weighted by molar-refractivity contribution is 6.02. The van der Waals surface area contributed by atoms with Gasteiger partial charge in [0, 0.05) is 44.4 Å². The van der Waals surface area contributed by atoms with Gasteiger partial charge in [-0.2, -0.15) is 15.5 Å². The highest BCUT2D eigenvalue weighted by atomic mass is 16.5. The predicted molar refractivity (Wildman–Crippen MR) is 138 cm³/mol. The number of carbonyl (C=O) groups excluding carboxylic acids is 2. The van der Waals surface area contributed by atoms with Gasteiger partial charge in [0.2, 0.25) is 5.91 Å². The summed E-state index contributed by atoms with van der Waals surface area (Å²) in [6.45, 7) is 0.703. The number of carbonyl (C=O) groups is 2. The van der Waals surface area contributed by atoms with E-state index in [1.165, 1.54) is 6.20 Å². The van der Waals surface area contributed by atoms with Gasteiger partial charge in [0.1, 0.15) is 5.41 Å². The molecule has 2 fully saturated rings. The molecule has 11 nitrogen and oxygen atoms in total. The maximum atomic E-state index is 13.0. The summed E-state index contributed by atoms with van der Waals surface area (Å²) in [5.41, 5.74) is 9.07. The van der Waals surface area contributed by atoms with Gasteiger partial charge in [-0.1, -0.05) is 12.1 Å². The molecule has 0 unspecified atom stereocenters. The molecule has 0 radical (unpaired) electrons. The SMILES string of the molecule is CO[C@H]1CN(C(=O)C2(C#N)CC2)C[C@H]1Nc1c(C(N)=O)cnn2cc(-c3ccc(-n4cccn4)cc3)cc12. The lowest BCUT2D eigenvalue weighted by atomic mass is 10.1. The molecule has 192 valence electrons. The lowest BCUT2D eigenvalue weighted by molar-refractivity contribution is -0.134. The van der Waals surface area contributed by atoms with Crippen LogP contribution in [-0.2, 0) is 9.53 Å². The molecule has 2 aliphatic rings. The van der Waals surface area contributed by atoms with Crippen LogP contribution in [0.4, 0.5) is 5.69 Å². The van der Waals surface area contributed by atoms with E-state index in [4.69, 9.17) is 10.5 Å². The molecular weight excluding hydrogens is 484 g/mol. The quantitative estimate of drug-likeness (QED) is 0.388. The van der Waals surface area contributed by atoms with Gasteiger partial charge < -0.3 is 20.7 Å². The first-order valence-corrected chi connectivity index (χ1v) is 12.3. The number of primary amides is 1. The Bertz CT molecular complexity index is 1560. The maximum Gasteiger partial charge on any atom is 0.252 e. The number of amides is 2. The first-order chi connectivity index (χ1) is 18.4. The number of likely N-dealkylation sites (tertiary alicyclic amines) is 1. The Morgan fingerprint density at radius 1 is 1.18 bits per heavy atom. The number of hydrogen-bond donors (Lipinski definition) is 2. The van der Waals surface area contributed by atoms with Crippen molar-refractivity contribution in [3.8, 4) is 22.9 Å². The van der Waals surface area contributed by atoms with E-state index in [-0.39, 0.29) is 23.6 Å². The maximum absolute atomic E-state index is 13.0. The molecule has 3 N–H and O–H groups in total. The summed E-state index contributed by atoms with van der Waals surface area (Å²) >= 11 is 0. The summed E-state index contributed by atoms with van der Waals surface area (Å²) in [6.07, 6.45) is 7.78. The van der Waals surface area contributed by atoms with E-state index in [0.29, 0.717) is 37.1 Å². The van der Waals surface area contributed by atoms with E-state index in [1.54, 1.807) is 27.4 Å². The van der Waals surface area contributed by atoms with Crippen LogP contribution in [0.5, 0.6) is 0 Å². The van der Waals surface area contributed by atoms with E-state index in [0.717, 1.165) is 16.8 Å². The molecule has 2 amide bonds. The molecule has 38 heavy (non-hydrogen) atoms. The molecule has 2 atom stereocenters. The minimum Gasteiger partial charge on any atom is -0.377 e. The third kappa shape index (κ3) is 3.95. The van der Waals surface area contributed by atoms with E-state index >= 15 is 0 Å². The number of ether oxygens (including phenoxy) is 1. The average Bonchev–Trinajstić information content (AvgIpc) is 3.29.